The van der Waals surface area contributed by atoms with Gasteiger partial charge >= 0.3 is 0 Å². The first-order valence-electron chi connectivity index (χ1n) is 10.3. The van der Waals surface area contributed by atoms with Crippen LogP contribution in [0, 0.1) is 0 Å². The van der Waals surface area contributed by atoms with Gasteiger partial charge in [0.1, 0.15) is 0 Å². The number of fused-ring (bicyclic) bond motifs is 2. The summed E-state index contributed by atoms with van der Waals surface area (Å²) in [4.78, 5) is 29.7. The van der Waals surface area contributed by atoms with Crippen molar-refractivity contribution in [3.63, 3.8) is 0 Å². The summed E-state index contributed by atoms with van der Waals surface area (Å²) in [6.45, 7) is 0. The van der Waals surface area contributed by atoms with E-state index in [-0.39, 0.29) is 17.6 Å². The van der Waals surface area contributed by atoms with Gasteiger partial charge in [-0.25, -0.2) is 4.98 Å². The highest BCUT2D eigenvalue weighted by Crippen LogP contribution is 2.31. The largest absolute Gasteiger partial charge is 0.325 e. The van der Waals surface area contributed by atoms with E-state index in [1.165, 1.54) is 23.1 Å². The number of carbonyl (C=O) groups excluding carboxylic acids is 2. The topological polar surface area (TPSA) is 71.1 Å². The average Bonchev–Trinajstić information content (AvgIpc) is 3.25. The van der Waals surface area contributed by atoms with Gasteiger partial charge in [0.05, 0.1) is 16.0 Å². The molecule has 33 heavy (non-hydrogen) atoms. The molecule has 4 aromatic carbocycles. The zero-order valence-corrected chi connectivity index (χ0v) is 19.1. The van der Waals surface area contributed by atoms with E-state index in [0.717, 1.165) is 31.0 Å². The Bertz CT molecular complexity index is 1460. The number of carbonyl (C=O) groups is 2. The Labute approximate surface area is 198 Å². The van der Waals surface area contributed by atoms with Crippen LogP contribution in [-0.2, 0) is 4.79 Å². The molecule has 2 N–H and O–H groups in total. The Balaban J connectivity index is 1.27. The Kier molecular flexibility index (Phi) is 6.06. The van der Waals surface area contributed by atoms with Crippen LogP contribution in [0.3, 0.4) is 0 Å². The third-order valence-electron chi connectivity index (χ3n) is 5.05. The normalized spacial score (nSPS) is 10.9. The highest BCUT2D eigenvalue weighted by atomic mass is 32.2. The molecule has 0 unspecified atom stereocenters. The molecule has 0 atom stereocenters. The number of nitrogens with zero attached hydrogens (tertiary/aromatic N) is 1. The van der Waals surface area contributed by atoms with Crippen molar-refractivity contribution in [1.82, 2.24) is 4.98 Å². The van der Waals surface area contributed by atoms with Crippen molar-refractivity contribution in [3.05, 3.63) is 96.6 Å². The van der Waals surface area contributed by atoms with Gasteiger partial charge in [0.15, 0.2) is 4.34 Å². The van der Waals surface area contributed by atoms with Gasteiger partial charge in [0.2, 0.25) is 5.91 Å². The number of amides is 2. The number of rotatable bonds is 6. The molecule has 0 fully saturated rings. The maximum absolute atomic E-state index is 12.9. The van der Waals surface area contributed by atoms with Crippen LogP contribution in [-0.4, -0.2) is 22.6 Å². The van der Waals surface area contributed by atoms with E-state index < -0.39 is 0 Å². The molecule has 5 nitrogen and oxygen atoms in total. The fourth-order valence-electron chi connectivity index (χ4n) is 3.51. The van der Waals surface area contributed by atoms with E-state index in [9.17, 15) is 9.59 Å². The number of benzene rings is 4. The molecule has 0 aliphatic carbocycles. The minimum absolute atomic E-state index is 0.0755. The lowest BCUT2D eigenvalue weighted by Crippen LogP contribution is -2.13. The fraction of sp³-hybridized carbons (Fsp3) is 0.0385. The first-order valence-corrected chi connectivity index (χ1v) is 12.1. The maximum Gasteiger partial charge on any atom is 0.256 e. The van der Waals surface area contributed by atoms with Crippen LogP contribution < -0.4 is 10.6 Å². The quantitative estimate of drug-likeness (QED) is 0.281. The number of hydrogen-bond donors (Lipinski definition) is 2. The van der Waals surface area contributed by atoms with Crippen molar-refractivity contribution >= 4 is 67.3 Å². The Hall–Kier alpha value is -3.68. The summed E-state index contributed by atoms with van der Waals surface area (Å²) < 4.78 is 1.77. The number of thiazole rings is 1. The minimum Gasteiger partial charge on any atom is -0.325 e. The van der Waals surface area contributed by atoms with E-state index in [4.69, 9.17) is 0 Å². The SMILES string of the molecule is O=C(CSc1nc2ccc(NC(=O)c3cccc4ccccc34)cc2s1)Nc1ccccc1. The van der Waals surface area contributed by atoms with Gasteiger partial charge in [-0.3, -0.25) is 9.59 Å². The average molecular weight is 470 g/mol. The molecule has 5 rings (SSSR count). The standard InChI is InChI=1S/C26H19N3O2S2/c30-24(27-18-9-2-1-3-10-18)16-32-26-29-22-14-13-19(15-23(22)33-26)28-25(31)21-12-6-8-17-7-4-5-11-20(17)21/h1-15H,16H2,(H,27,30)(H,28,31). The van der Waals surface area contributed by atoms with Crippen LogP contribution in [0.25, 0.3) is 21.0 Å². The summed E-state index contributed by atoms with van der Waals surface area (Å²) >= 11 is 2.91. The first-order chi connectivity index (χ1) is 16.2. The van der Waals surface area contributed by atoms with Crippen LogP contribution in [0.5, 0.6) is 0 Å². The zero-order chi connectivity index (χ0) is 22.6. The molecular formula is C26H19N3O2S2. The molecule has 0 radical (unpaired) electrons. The Morgan fingerprint density at radius 3 is 2.48 bits per heavy atom. The lowest BCUT2D eigenvalue weighted by atomic mass is 10.0. The molecule has 162 valence electrons. The van der Waals surface area contributed by atoms with E-state index in [1.54, 1.807) is 0 Å². The van der Waals surface area contributed by atoms with E-state index >= 15 is 0 Å². The third-order valence-corrected chi connectivity index (χ3v) is 7.21. The van der Waals surface area contributed by atoms with Crippen molar-refractivity contribution in [2.24, 2.45) is 0 Å². The molecule has 0 saturated carbocycles. The van der Waals surface area contributed by atoms with Crippen molar-refractivity contribution in [2.45, 2.75) is 4.34 Å². The summed E-state index contributed by atoms with van der Waals surface area (Å²) in [6, 6.07) is 28.6. The van der Waals surface area contributed by atoms with Crippen molar-refractivity contribution < 1.29 is 9.59 Å². The monoisotopic (exact) mass is 469 g/mol. The molecule has 5 aromatic rings. The second-order valence-corrected chi connectivity index (χ2v) is 9.60. The summed E-state index contributed by atoms with van der Waals surface area (Å²) in [5, 5.41) is 7.82. The maximum atomic E-state index is 12.9. The van der Waals surface area contributed by atoms with Crippen molar-refractivity contribution in [1.29, 1.82) is 0 Å². The molecule has 0 bridgehead atoms. The van der Waals surface area contributed by atoms with Crippen LogP contribution in [0.1, 0.15) is 10.4 Å². The van der Waals surface area contributed by atoms with Gasteiger partial charge < -0.3 is 10.6 Å². The fourth-order valence-corrected chi connectivity index (χ4v) is 5.42. The van der Waals surface area contributed by atoms with Gasteiger partial charge in [-0.1, -0.05) is 66.4 Å². The predicted octanol–water partition coefficient (Wildman–Crippen LogP) is 6.43. The number of nitrogens with one attached hydrogen (secondary N) is 2. The second kappa shape index (κ2) is 9.44. The highest BCUT2D eigenvalue weighted by Gasteiger charge is 2.12. The van der Waals surface area contributed by atoms with Gasteiger partial charge in [0.25, 0.3) is 5.91 Å². The van der Waals surface area contributed by atoms with E-state index in [2.05, 4.69) is 15.6 Å². The molecule has 0 aliphatic rings. The number of para-hydroxylation sites is 1. The Morgan fingerprint density at radius 1 is 0.818 bits per heavy atom. The summed E-state index contributed by atoms with van der Waals surface area (Å²) in [5.74, 6) is 0.0516. The number of anilines is 2. The number of aromatic nitrogens is 1. The van der Waals surface area contributed by atoms with Crippen LogP contribution in [0.2, 0.25) is 0 Å². The predicted molar refractivity (Wildman–Crippen MR) is 137 cm³/mol. The summed E-state index contributed by atoms with van der Waals surface area (Å²) in [5.41, 5.74) is 2.97. The van der Waals surface area contributed by atoms with Gasteiger partial charge in [-0.2, -0.15) is 0 Å². The van der Waals surface area contributed by atoms with E-state index in [1.807, 2.05) is 91.0 Å². The smallest absolute Gasteiger partial charge is 0.256 e. The molecule has 1 aromatic heterocycles. The van der Waals surface area contributed by atoms with Gasteiger partial charge in [0, 0.05) is 16.9 Å². The first kappa shape index (κ1) is 21.2. The van der Waals surface area contributed by atoms with Gasteiger partial charge in [-0.05, 0) is 47.2 Å². The number of hydrogen-bond acceptors (Lipinski definition) is 5. The van der Waals surface area contributed by atoms with Crippen LogP contribution >= 0.6 is 23.1 Å². The van der Waals surface area contributed by atoms with Crippen molar-refractivity contribution in [2.75, 3.05) is 16.4 Å². The zero-order valence-electron chi connectivity index (χ0n) is 17.4. The van der Waals surface area contributed by atoms with Crippen LogP contribution in [0.4, 0.5) is 11.4 Å². The van der Waals surface area contributed by atoms with E-state index in [0.29, 0.717) is 11.3 Å². The van der Waals surface area contributed by atoms with Crippen molar-refractivity contribution in [3.8, 4) is 0 Å². The lowest BCUT2D eigenvalue weighted by Gasteiger charge is -2.08. The molecule has 7 heteroatoms. The van der Waals surface area contributed by atoms with Gasteiger partial charge in [-0.15, -0.1) is 11.3 Å². The lowest BCUT2D eigenvalue weighted by molar-refractivity contribution is -0.113. The summed E-state index contributed by atoms with van der Waals surface area (Å²) in [7, 11) is 0. The molecular weight excluding hydrogens is 450 g/mol. The molecule has 0 aliphatic heterocycles. The van der Waals surface area contributed by atoms with Crippen LogP contribution in [0.15, 0.2) is 95.3 Å². The summed E-state index contributed by atoms with van der Waals surface area (Å²) in [6.07, 6.45) is 0. The molecule has 0 spiro atoms. The minimum atomic E-state index is -0.150. The Morgan fingerprint density at radius 2 is 1.61 bits per heavy atom. The number of thioether (sulfide) groups is 1. The highest BCUT2D eigenvalue weighted by molar-refractivity contribution is 8.01. The second-order valence-electron chi connectivity index (χ2n) is 7.35. The molecule has 0 saturated heterocycles. The molecule has 1 heterocycles. The molecule has 2 amide bonds. The third kappa shape index (κ3) is 4.89.